The van der Waals surface area contributed by atoms with Gasteiger partial charge in [-0.2, -0.15) is 0 Å². The fourth-order valence-electron chi connectivity index (χ4n) is 4.37. The molecule has 1 aliphatic carbocycles. The van der Waals surface area contributed by atoms with Crippen LogP contribution in [0.1, 0.15) is 48.5 Å². The van der Waals surface area contributed by atoms with Crippen LogP contribution >= 0.6 is 0 Å². The summed E-state index contributed by atoms with van der Waals surface area (Å²) < 4.78 is 1.90. The first-order chi connectivity index (χ1) is 18.0. The number of rotatable bonds is 9. The zero-order valence-electron chi connectivity index (χ0n) is 21.3. The molecule has 5 rings (SSSR count). The maximum atomic E-state index is 13.3. The van der Waals surface area contributed by atoms with Gasteiger partial charge in [0.05, 0.1) is 5.69 Å². The number of carbonyl (C=O) groups is 2. The Kier molecular flexibility index (Phi) is 7.17. The summed E-state index contributed by atoms with van der Waals surface area (Å²) >= 11 is 0. The minimum absolute atomic E-state index is 0.0238. The van der Waals surface area contributed by atoms with E-state index in [2.05, 4.69) is 31.3 Å². The molecular formula is C31H32N4O2. The SMILES string of the molecule is CC(C)c1ccc(-n2cc(-c3ccccc3)nc2NC(=O)CN(CC2CC2)C(=O)c2ccccc2)cc1. The van der Waals surface area contributed by atoms with E-state index in [1.54, 1.807) is 17.0 Å². The molecule has 37 heavy (non-hydrogen) atoms. The van der Waals surface area contributed by atoms with Crippen molar-refractivity contribution in [2.45, 2.75) is 32.6 Å². The molecule has 6 heteroatoms. The molecule has 2 amide bonds. The highest BCUT2D eigenvalue weighted by molar-refractivity contribution is 5.99. The van der Waals surface area contributed by atoms with Crippen LogP contribution in [0.15, 0.2) is 91.1 Å². The highest BCUT2D eigenvalue weighted by Crippen LogP contribution is 2.30. The summed E-state index contributed by atoms with van der Waals surface area (Å²) in [4.78, 5) is 32.9. The van der Waals surface area contributed by atoms with E-state index in [1.807, 2.05) is 71.4 Å². The molecule has 1 saturated carbocycles. The fourth-order valence-corrected chi connectivity index (χ4v) is 4.37. The minimum Gasteiger partial charge on any atom is -0.329 e. The lowest BCUT2D eigenvalue weighted by Gasteiger charge is -2.22. The van der Waals surface area contributed by atoms with Gasteiger partial charge in [-0.15, -0.1) is 0 Å². The van der Waals surface area contributed by atoms with Crippen molar-refractivity contribution in [2.24, 2.45) is 5.92 Å². The maximum absolute atomic E-state index is 13.3. The van der Waals surface area contributed by atoms with Crippen LogP contribution in [0.25, 0.3) is 16.9 Å². The van der Waals surface area contributed by atoms with E-state index in [0.717, 1.165) is 29.8 Å². The summed E-state index contributed by atoms with van der Waals surface area (Å²) in [5.74, 6) is 0.928. The normalized spacial score (nSPS) is 12.9. The first-order valence-corrected chi connectivity index (χ1v) is 12.9. The average Bonchev–Trinajstić information content (AvgIpc) is 3.65. The number of amides is 2. The smallest absolute Gasteiger partial charge is 0.254 e. The monoisotopic (exact) mass is 492 g/mol. The number of hydrogen-bond donors (Lipinski definition) is 1. The molecule has 0 bridgehead atoms. The lowest BCUT2D eigenvalue weighted by Crippen LogP contribution is -2.39. The molecule has 1 N–H and O–H groups in total. The highest BCUT2D eigenvalue weighted by Gasteiger charge is 2.29. The van der Waals surface area contributed by atoms with Crippen molar-refractivity contribution < 1.29 is 9.59 Å². The van der Waals surface area contributed by atoms with Gasteiger partial charge in [-0.1, -0.05) is 74.5 Å². The van der Waals surface area contributed by atoms with Crippen LogP contribution in [0.4, 0.5) is 5.95 Å². The van der Waals surface area contributed by atoms with E-state index in [0.29, 0.717) is 29.9 Å². The third-order valence-electron chi connectivity index (χ3n) is 6.68. The number of nitrogens with one attached hydrogen (secondary N) is 1. The first kappa shape index (κ1) is 24.5. The number of aromatic nitrogens is 2. The number of hydrogen-bond acceptors (Lipinski definition) is 3. The molecule has 6 nitrogen and oxygen atoms in total. The van der Waals surface area contributed by atoms with E-state index in [9.17, 15) is 9.59 Å². The van der Waals surface area contributed by atoms with Crippen molar-refractivity contribution in [3.8, 4) is 16.9 Å². The van der Waals surface area contributed by atoms with Crippen molar-refractivity contribution in [1.29, 1.82) is 0 Å². The van der Waals surface area contributed by atoms with E-state index >= 15 is 0 Å². The third kappa shape index (κ3) is 5.97. The van der Waals surface area contributed by atoms with Crippen LogP contribution in [-0.4, -0.2) is 39.4 Å². The second-order valence-electron chi connectivity index (χ2n) is 9.98. The van der Waals surface area contributed by atoms with Crippen molar-refractivity contribution in [1.82, 2.24) is 14.5 Å². The highest BCUT2D eigenvalue weighted by atomic mass is 16.2. The lowest BCUT2D eigenvalue weighted by molar-refractivity contribution is -0.117. The zero-order chi connectivity index (χ0) is 25.8. The Balaban J connectivity index is 1.41. The number of nitrogens with zero attached hydrogens (tertiary/aromatic N) is 3. The summed E-state index contributed by atoms with van der Waals surface area (Å²) in [5, 5.41) is 2.99. The molecule has 1 heterocycles. The van der Waals surface area contributed by atoms with E-state index in [4.69, 9.17) is 4.98 Å². The standard InChI is InChI=1S/C31H32N4O2/c1-22(2)24-15-17-27(18-16-24)35-20-28(25-9-5-3-6-10-25)32-31(35)33-29(36)21-34(19-23-13-14-23)30(37)26-11-7-4-8-12-26/h3-12,15-18,20,22-23H,13-14,19,21H2,1-2H3,(H,32,33,36). The second kappa shape index (κ2) is 10.8. The summed E-state index contributed by atoms with van der Waals surface area (Å²) in [5.41, 5.74) is 4.47. The molecule has 188 valence electrons. The maximum Gasteiger partial charge on any atom is 0.254 e. The van der Waals surface area contributed by atoms with Gasteiger partial charge in [0.1, 0.15) is 6.54 Å². The van der Waals surface area contributed by atoms with Crippen LogP contribution in [0.3, 0.4) is 0 Å². The largest absolute Gasteiger partial charge is 0.329 e. The number of benzene rings is 3. The number of carbonyl (C=O) groups excluding carboxylic acids is 2. The second-order valence-corrected chi connectivity index (χ2v) is 9.98. The Labute approximate surface area is 218 Å². The van der Waals surface area contributed by atoms with Crippen LogP contribution in [-0.2, 0) is 4.79 Å². The molecule has 1 aromatic heterocycles. The third-order valence-corrected chi connectivity index (χ3v) is 6.68. The van der Waals surface area contributed by atoms with Crippen molar-refractivity contribution in [2.75, 3.05) is 18.4 Å². The molecule has 1 fully saturated rings. The molecule has 0 saturated heterocycles. The van der Waals surface area contributed by atoms with Gasteiger partial charge in [-0.25, -0.2) is 4.98 Å². The van der Waals surface area contributed by atoms with Gasteiger partial charge in [-0.3, -0.25) is 19.5 Å². The Hall–Kier alpha value is -4.19. The van der Waals surface area contributed by atoms with Gasteiger partial charge in [-0.05, 0) is 54.5 Å². The van der Waals surface area contributed by atoms with Gasteiger partial charge in [0, 0.05) is 29.6 Å². The average molecular weight is 493 g/mol. The quantitative estimate of drug-likeness (QED) is 0.305. The summed E-state index contributed by atoms with van der Waals surface area (Å²) in [7, 11) is 0. The van der Waals surface area contributed by atoms with Crippen molar-refractivity contribution in [3.05, 3.63) is 102 Å². The van der Waals surface area contributed by atoms with Crippen LogP contribution in [0.2, 0.25) is 0 Å². The number of anilines is 1. The van der Waals surface area contributed by atoms with Gasteiger partial charge in [0.15, 0.2) is 0 Å². The Morgan fingerprint density at radius 1 is 0.946 bits per heavy atom. The fraction of sp³-hybridized carbons (Fsp3) is 0.258. The summed E-state index contributed by atoms with van der Waals surface area (Å²) in [6.45, 7) is 4.89. The van der Waals surface area contributed by atoms with Gasteiger partial charge in [0.25, 0.3) is 5.91 Å². The Bertz CT molecular complexity index is 1360. The molecule has 0 radical (unpaired) electrons. The lowest BCUT2D eigenvalue weighted by atomic mass is 10.0. The molecule has 1 aliphatic rings. The molecule has 0 spiro atoms. The zero-order valence-corrected chi connectivity index (χ0v) is 21.3. The van der Waals surface area contributed by atoms with Crippen LogP contribution < -0.4 is 5.32 Å². The summed E-state index contributed by atoms with van der Waals surface area (Å²) in [6, 6.07) is 27.3. The van der Waals surface area contributed by atoms with Crippen molar-refractivity contribution >= 4 is 17.8 Å². The Morgan fingerprint density at radius 2 is 1.59 bits per heavy atom. The van der Waals surface area contributed by atoms with E-state index in [1.165, 1.54) is 5.56 Å². The molecular weight excluding hydrogens is 460 g/mol. The van der Waals surface area contributed by atoms with Gasteiger partial charge < -0.3 is 4.90 Å². The predicted octanol–water partition coefficient (Wildman–Crippen LogP) is 6.15. The Morgan fingerprint density at radius 3 is 2.22 bits per heavy atom. The van der Waals surface area contributed by atoms with Crippen LogP contribution in [0, 0.1) is 5.92 Å². The molecule has 0 aliphatic heterocycles. The first-order valence-electron chi connectivity index (χ1n) is 12.9. The van der Waals surface area contributed by atoms with E-state index in [-0.39, 0.29) is 18.4 Å². The topological polar surface area (TPSA) is 67.2 Å². The van der Waals surface area contributed by atoms with Crippen molar-refractivity contribution in [3.63, 3.8) is 0 Å². The minimum atomic E-state index is -0.268. The molecule has 3 aromatic carbocycles. The predicted molar refractivity (Wildman–Crippen MR) is 147 cm³/mol. The van der Waals surface area contributed by atoms with E-state index < -0.39 is 0 Å². The molecule has 0 atom stereocenters. The summed E-state index contributed by atoms with van der Waals surface area (Å²) in [6.07, 6.45) is 4.13. The van der Waals surface area contributed by atoms with Gasteiger partial charge >= 0.3 is 0 Å². The van der Waals surface area contributed by atoms with Gasteiger partial charge in [0.2, 0.25) is 11.9 Å². The molecule has 0 unspecified atom stereocenters. The van der Waals surface area contributed by atoms with Crippen LogP contribution in [0.5, 0.6) is 0 Å². The number of imidazole rings is 1. The molecule has 4 aromatic rings.